The van der Waals surface area contributed by atoms with Crippen LogP contribution in [0.1, 0.15) is 18.4 Å². The number of thioether (sulfide) groups is 1. The monoisotopic (exact) mass is 357 g/mol. The van der Waals surface area contributed by atoms with Gasteiger partial charge >= 0.3 is 5.97 Å². The number of aromatic hydroxyl groups is 1. The Morgan fingerprint density at radius 3 is 2.82 bits per heavy atom. The van der Waals surface area contributed by atoms with Crippen molar-refractivity contribution in [3.05, 3.63) is 33.7 Å². The molecule has 0 radical (unpaired) electrons. The van der Waals surface area contributed by atoms with Crippen LogP contribution in [0.4, 0.5) is 0 Å². The van der Waals surface area contributed by atoms with Crippen LogP contribution in [-0.4, -0.2) is 37.9 Å². The van der Waals surface area contributed by atoms with Gasteiger partial charge in [-0.05, 0) is 24.6 Å². The van der Waals surface area contributed by atoms with Crippen molar-refractivity contribution in [1.82, 2.24) is 4.90 Å². The summed E-state index contributed by atoms with van der Waals surface area (Å²) < 4.78 is 0.369. The average molecular weight is 358 g/mol. The first-order valence-electron chi connectivity index (χ1n) is 6.35. The zero-order valence-corrected chi connectivity index (χ0v) is 13.7. The largest absolute Gasteiger partial charge is 0.507 e. The molecule has 1 saturated heterocycles. The number of carbonyl (C=O) groups excluding carboxylic acids is 1. The van der Waals surface area contributed by atoms with E-state index in [4.69, 9.17) is 28.9 Å². The molecular weight excluding hydrogens is 346 g/mol. The summed E-state index contributed by atoms with van der Waals surface area (Å²) in [4.78, 5) is 24.5. The van der Waals surface area contributed by atoms with E-state index in [2.05, 4.69) is 0 Å². The Hall–Kier alpha value is -1.57. The number of benzene rings is 1. The Kier molecular flexibility index (Phi) is 5.44. The van der Waals surface area contributed by atoms with Gasteiger partial charge in [-0.15, -0.1) is 0 Å². The number of aliphatic carboxylic acids is 1. The molecule has 1 fully saturated rings. The Morgan fingerprint density at radius 1 is 1.45 bits per heavy atom. The highest BCUT2D eigenvalue weighted by atomic mass is 35.5. The van der Waals surface area contributed by atoms with Crippen LogP contribution >= 0.6 is 35.6 Å². The smallest absolute Gasteiger partial charge is 0.303 e. The molecule has 1 aromatic rings. The zero-order chi connectivity index (χ0) is 16.3. The second-order valence-electron chi connectivity index (χ2n) is 4.50. The molecule has 0 saturated carbocycles. The Balaban J connectivity index is 2.17. The molecule has 0 spiro atoms. The first-order valence-corrected chi connectivity index (χ1v) is 7.95. The molecule has 0 aliphatic carbocycles. The van der Waals surface area contributed by atoms with Crippen molar-refractivity contribution in [1.29, 1.82) is 0 Å². The van der Waals surface area contributed by atoms with Crippen LogP contribution < -0.4 is 0 Å². The minimum Gasteiger partial charge on any atom is -0.507 e. The highest BCUT2D eigenvalue weighted by molar-refractivity contribution is 8.26. The number of phenolic OH excluding ortho intramolecular Hbond substituents is 1. The minimum atomic E-state index is -0.915. The van der Waals surface area contributed by atoms with E-state index in [1.807, 2.05) is 0 Å². The molecule has 1 amide bonds. The molecule has 2 N–H and O–H groups in total. The van der Waals surface area contributed by atoms with Crippen LogP contribution in [0.25, 0.3) is 6.08 Å². The molecule has 0 bridgehead atoms. The normalized spacial score (nSPS) is 16.6. The lowest BCUT2D eigenvalue weighted by molar-refractivity contribution is -0.137. The van der Waals surface area contributed by atoms with Crippen molar-refractivity contribution >= 4 is 57.9 Å². The van der Waals surface area contributed by atoms with E-state index in [0.29, 0.717) is 26.2 Å². The highest BCUT2D eigenvalue weighted by Crippen LogP contribution is 2.36. The second-order valence-corrected chi connectivity index (χ2v) is 6.59. The van der Waals surface area contributed by atoms with E-state index < -0.39 is 5.97 Å². The van der Waals surface area contributed by atoms with Gasteiger partial charge in [0, 0.05) is 18.5 Å². The van der Waals surface area contributed by atoms with Gasteiger partial charge in [0.2, 0.25) is 0 Å². The van der Waals surface area contributed by atoms with Crippen LogP contribution in [0.5, 0.6) is 5.75 Å². The molecule has 1 heterocycles. The summed E-state index contributed by atoms with van der Waals surface area (Å²) in [5, 5.41) is 18.8. The van der Waals surface area contributed by atoms with Gasteiger partial charge in [0.15, 0.2) is 0 Å². The number of halogens is 1. The highest BCUT2D eigenvalue weighted by Gasteiger charge is 2.32. The fourth-order valence-electron chi connectivity index (χ4n) is 1.88. The quantitative estimate of drug-likeness (QED) is 0.622. The van der Waals surface area contributed by atoms with E-state index in [1.165, 1.54) is 17.0 Å². The van der Waals surface area contributed by atoms with Gasteiger partial charge in [-0.1, -0.05) is 41.6 Å². The third-order valence-electron chi connectivity index (χ3n) is 2.95. The molecule has 0 atom stereocenters. The maximum Gasteiger partial charge on any atom is 0.303 e. The predicted octanol–water partition coefficient (Wildman–Crippen LogP) is 3.11. The van der Waals surface area contributed by atoms with Crippen LogP contribution in [-0.2, 0) is 9.59 Å². The lowest BCUT2D eigenvalue weighted by Crippen LogP contribution is -2.29. The van der Waals surface area contributed by atoms with E-state index in [9.17, 15) is 14.7 Å². The first-order chi connectivity index (χ1) is 10.4. The van der Waals surface area contributed by atoms with Crippen LogP contribution in [0.3, 0.4) is 0 Å². The topological polar surface area (TPSA) is 77.8 Å². The van der Waals surface area contributed by atoms with Crippen LogP contribution in [0.15, 0.2) is 23.1 Å². The van der Waals surface area contributed by atoms with Crippen molar-refractivity contribution in [2.45, 2.75) is 12.8 Å². The number of nitrogens with zero attached hydrogens (tertiary/aromatic N) is 1. The number of carboxylic acid groups (broad SMARTS) is 1. The first kappa shape index (κ1) is 16.8. The minimum absolute atomic E-state index is 0.0244. The van der Waals surface area contributed by atoms with E-state index in [-0.39, 0.29) is 24.6 Å². The molecule has 116 valence electrons. The maximum absolute atomic E-state index is 12.3. The van der Waals surface area contributed by atoms with Gasteiger partial charge in [0.05, 0.1) is 9.93 Å². The number of hydrogen-bond acceptors (Lipinski definition) is 5. The molecular formula is C14H12ClNO4S2. The number of carboxylic acids is 1. The number of phenols is 1. The van der Waals surface area contributed by atoms with Crippen molar-refractivity contribution in [3.8, 4) is 5.75 Å². The Bertz CT molecular complexity index is 655. The van der Waals surface area contributed by atoms with E-state index >= 15 is 0 Å². The molecule has 1 aliphatic rings. The van der Waals surface area contributed by atoms with Crippen molar-refractivity contribution in [3.63, 3.8) is 0 Å². The molecule has 1 aliphatic heterocycles. The van der Waals surface area contributed by atoms with Crippen LogP contribution in [0.2, 0.25) is 5.02 Å². The number of thiocarbonyl (C=S) groups is 1. The fourth-order valence-corrected chi connectivity index (χ4v) is 3.40. The summed E-state index contributed by atoms with van der Waals surface area (Å²) in [6.45, 7) is 0.253. The molecule has 8 heteroatoms. The molecule has 22 heavy (non-hydrogen) atoms. The average Bonchev–Trinajstić information content (AvgIpc) is 2.70. The Morgan fingerprint density at radius 2 is 2.18 bits per heavy atom. The molecule has 0 unspecified atom stereocenters. The van der Waals surface area contributed by atoms with Crippen molar-refractivity contribution in [2.24, 2.45) is 0 Å². The predicted molar refractivity (Wildman–Crippen MR) is 89.9 cm³/mol. The molecule has 1 aromatic carbocycles. The summed E-state index contributed by atoms with van der Waals surface area (Å²) in [5.74, 6) is -1.25. The third-order valence-corrected chi connectivity index (χ3v) is 4.66. The van der Waals surface area contributed by atoms with Crippen LogP contribution in [0, 0.1) is 0 Å². The summed E-state index contributed by atoms with van der Waals surface area (Å²) >= 11 is 12.3. The SMILES string of the molecule is O=C(O)CCCN1C(=O)/C(=C/c2c(O)cccc2Cl)SC1=S. The third kappa shape index (κ3) is 3.79. The number of amides is 1. The Labute approximate surface area is 141 Å². The summed E-state index contributed by atoms with van der Waals surface area (Å²) in [5.41, 5.74) is 0.357. The number of hydrogen-bond donors (Lipinski definition) is 2. The summed E-state index contributed by atoms with van der Waals surface area (Å²) in [6.07, 6.45) is 1.79. The lowest BCUT2D eigenvalue weighted by Gasteiger charge is -2.13. The van der Waals surface area contributed by atoms with Crippen molar-refractivity contribution < 1.29 is 19.8 Å². The number of rotatable bonds is 5. The lowest BCUT2D eigenvalue weighted by atomic mass is 10.2. The van der Waals surface area contributed by atoms with Gasteiger partial charge in [0.1, 0.15) is 10.1 Å². The maximum atomic E-state index is 12.3. The number of carbonyl (C=O) groups is 2. The molecule has 0 aromatic heterocycles. The zero-order valence-electron chi connectivity index (χ0n) is 11.3. The van der Waals surface area contributed by atoms with E-state index in [0.717, 1.165) is 11.8 Å². The van der Waals surface area contributed by atoms with Gasteiger partial charge < -0.3 is 10.2 Å². The van der Waals surface area contributed by atoms with Crippen molar-refractivity contribution in [2.75, 3.05) is 6.54 Å². The van der Waals surface area contributed by atoms with Gasteiger partial charge in [-0.2, -0.15) is 0 Å². The van der Waals surface area contributed by atoms with Gasteiger partial charge in [-0.3, -0.25) is 14.5 Å². The summed E-state index contributed by atoms with van der Waals surface area (Å²) in [7, 11) is 0. The molecule has 2 rings (SSSR count). The fraction of sp³-hybridized carbons (Fsp3) is 0.214. The summed E-state index contributed by atoms with van der Waals surface area (Å²) in [6, 6.07) is 4.69. The van der Waals surface area contributed by atoms with E-state index in [1.54, 1.807) is 12.1 Å². The van der Waals surface area contributed by atoms with Gasteiger partial charge in [0.25, 0.3) is 5.91 Å². The second kappa shape index (κ2) is 7.13. The standard InChI is InChI=1S/C14H12ClNO4S2/c15-9-3-1-4-10(17)8(9)7-11-13(20)16(14(21)22-11)6-2-5-12(18)19/h1,3-4,7,17H,2,5-6H2,(H,18,19)/b11-7-. The molecule has 5 nitrogen and oxygen atoms in total. The van der Waals surface area contributed by atoms with Gasteiger partial charge in [-0.25, -0.2) is 0 Å².